The Labute approximate surface area is 192 Å². The summed E-state index contributed by atoms with van der Waals surface area (Å²) in [4.78, 5) is 0. The van der Waals surface area contributed by atoms with Crippen molar-refractivity contribution in [2.75, 3.05) is 6.54 Å². The zero-order valence-electron chi connectivity index (χ0n) is 20.5. The van der Waals surface area contributed by atoms with E-state index in [0.717, 1.165) is 32.2 Å². The van der Waals surface area contributed by atoms with Gasteiger partial charge in [0.05, 0.1) is 6.04 Å². The third kappa shape index (κ3) is 21.4. The van der Waals surface area contributed by atoms with Gasteiger partial charge in [-0.15, -0.1) is 0 Å². The lowest BCUT2D eigenvalue weighted by molar-refractivity contribution is -0.0835. The van der Waals surface area contributed by atoms with Gasteiger partial charge in [0.25, 0.3) is 0 Å². The molecule has 0 aromatic rings. The highest BCUT2D eigenvalue weighted by Crippen LogP contribution is 2.14. The van der Waals surface area contributed by atoms with Crippen LogP contribution in [-0.2, 0) is 0 Å². The van der Waals surface area contributed by atoms with Crippen LogP contribution in [0.25, 0.3) is 0 Å². The molecule has 3 atom stereocenters. The first-order valence-electron chi connectivity index (χ1n) is 13.2. The molecular formula is C25H54N2O4. The molecule has 6 heteroatoms. The van der Waals surface area contributed by atoms with E-state index in [2.05, 4.69) is 24.5 Å². The molecule has 0 aromatic heterocycles. The molecule has 0 aromatic carbocycles. The Balaban J connectivity index is 3.64. The molecule has 2 unspecified atom stereocenters. The molecule has 0 spiro atoms. The molecule has 0 radical (unpaired) electrons. The van der Waals surface area contributed by atoms with E-state index >= 15 is 0 Å². The van der Waals surface area contributed by atoms with Crippen molar-refractivity contribution < 1.29 is 20.4 Å². The molecule has 6 N–H and O–H groups in total. The molecule has 0 heterocycles. The number of unbranched alkanes of at least 4 members (excludes halogenated alkanes) is 13. The van der Waals surface area contributed by atoms with E-state index in [1.54, 1.807) is 0 Å². The lowest BCUT2D eigenvalue weighted by Gasteiger charge is -2.25. The molecule has 0 aliphatic carbocycles. The maximum absolute atomic E-state index is 10.2. The lowest BCUT2D eigenvalue weighted by Crippen LogP contribution is -2.46. The van der Waals surface area contributed by atoms with Crippen LogP contribution in [-0.4, -0.2) is 51.8 Å². The number of nitrogens with one attached hydrogen (secondary N) is 2. The van der Waals surface area contributed by atoms with Gasteiger partial charge in [0.2, 0.25) is 0 Å². The van der Waals surface area contributed by atoms with Gasteiger partial charge in [-0.1, -0.05) is 97.3 Å². The molecule has 188 valence electrons. The van der Waals surface area contributed by atoms with E-state index in [1.807, 2.05) is 0 Å². The van der Waals surface area contributed by atoms with Crippen LogP contribution in [0.2, 0.25) is 0 Å². The number of aliphatic hydroxyl groups is 4. The number of rotatable bonds is 24. The summed E-state index contributed by atoms with van der Waals surface area (Å²) in [5.74, 6) is 0. The molecule has 0 saturated carbocycles. The Morgan fingerprint density at radius 3 is 1.48 bits per heavy atom. The maximum Gasteiger partial charge on any atom is 0.167 e. The highest BCUT2D eigenvalue weighted by Gasteiger charge is 2.20. The second kappa shape index (κ2) is 22.9. The summed E-state index contributed by atoms with van der Waals surface area (Å²) in [5, 5.41) is 45.1. The normalized spacial score (nSPS) is 14.8. The van der Waals surface area contributed by atoms with Gasteiger partial charge in [-0.25, -0.2) is 0 Å². The van der Waals surface area contributed by atoms with Gasteiger partial charge in [-0.2, -0.15) is 0 Å². The van der Waals surface area contributed by atoms with Gasteiger partial charge < -0.3 is 20.4 Å². The first-order valence-corrected chi connectivity index (χ1v) is 13.2. The van der Waals surface area contributed by atoms with Crippen LogP contribution in [0.1, 0.15) is 129 Å². The van der Waals surface area contributed by atoms with E-state index in [-0.39, 0.29) is 0 Å². The van der Waals surface area contributed by atoms with Gasteiger partial charge in [-0.3, -0.25) is 10.6 Å². The highest BCUT2D eigenvalue weighted by molar-refractivity contribution is 4.72. The summed E-state index contributed by atoms with van der Waals surface area (Å²) in [6.07, 6.45) is 17.3. The minimum Gasteiger partial charge on any atom is -0.379 e. The molecule has 0 aliphatic heterocycles. The summed E-state index contributed by atoms with van der Waals surface area (Å²) < 4.78 is 0. The lowest BCUT2D eigenvalue weighted by atomic mass is 10.0. The Morgan fingerprint density at radius 1 is 0.516 bits per heavy atom. The number of hydrogen-bond donors (Lipinski definition) is 6. The molecule has 6 nitrogen and oxygen atoms in total. The third-order valence-corrected chi connectivity index (χ3v) is 6.01. The van der Waals surface area contributed by atoms with Gasteiger partial charge in [0.1, 0.15) is 12.5 Å². The average molecular weight is 447 g/mol. The molecular weight excluding hydrogens is 392 g/mol. The van der Waals surface area contributed by atoms with Crippen LogP contribution in [0, 0.1) is 0 Å². The Kier molecular flexibility index (Phi) is 22.8. The van der Waals surface area contributed by atoms with Crippen molar-refractivity contribution in [1.82, 2.24) is 10.6 Å². The van der Waals surface area contributed by atoms with E-state index in [9.17, 15) is 20.4 Å². The summed E-state index contributed by atoms with van der Waals surface area (Å²) in [6, 6.07) is -0.639. The number of hydrogen-bond acceptors (Lipinski definition) is 6. The summed E-state index contributed by atoms with van der Waals surface area (Å²) >= 11 is 0. The fourth-order valence-corrected chi connectivity index (χ4v) is 3.89. The maximum atomic E-state index is 10.2. The summed E-state index contributed by atoms with van der Waals surface area (Å²) in [6.45, 7) is 5.10. The Hall–Kier alpha value is -0.240. The Bertz CT molecular complexity index is 358. The molecule has 0 saturated heterocycles. The second-order valence-electron chi connectivity index (χ2n) is 9.13. The van der Waals surface area contributed by atoms with Crippen LogP contribution in [0.15, 0.2) is 0 Å². The zero-order valence-corrected chi connectivity index (χ0v) is 20.5. The molecule has 0 fully saturated rings. The highest BCUT2D eigenvalue weighted by atomic mass is 16.5. The van der Waals surface area contributed by atoms with Crippen LogP contribution in [0.3, 0.4) is 0 Å². The van der Waals surface area contributed by atoms with Crippen LogP contribution >= 0.6 is 0 Å². The van der Waals surface area contributed by atoms with Gasteiger partial charge in [0, 0.05) is 0 Å². The average Bonchev–Trinajstić information content (AvgIpc) is 2.74. The van der Waals surface area contributed by atoms with Crippen molar-refractivity contribution in [3.8, 4) is 0 Å². The quantitative estimate of drug-likeness (QED) is 0.0960. The molecule has 31 heavy (non-hydrogen) atoms. The van der Waals surface area contributed by atoms with E-state index < -0.39 is 24.8 Å². The van der Waals surface area contributed by atoms with Crippen LogP contribution in [0.4, 0.5) is 0 Å². The topological polar surface area (TPSA) is 105 Å². The molecule has 0 bridgehead atoms. The molecule has 0 amide bonds. The minimum atomic E-state index is -1.55. The third-order valence-electron chi connectivity index (χ3n) is 6.01. The summed E-state index contributed by atoms with van der Waals surface area (Å²) in [7, 11) is 0. The van der Waals surface area contributed by atoms with Gasteiger partial charge in [-0.05, 0) is 38.6 Å². The Morgan fingerprint density at radius 2 is 1.00 bits per heavy atom. The first-order chi connectivity index (χ1) is 15.0. The SMILES string of the molecule is CCCCCCCCCCCCCCCC(O)N[C@H](CCC(O)NCCCC)C(O)O. The van der Waals surface area contributed by atoms with Gasteiger partial charge >= 0.3 is 0 Å². The second-order valence-corrected chi connectivity index (χ2v) is 9.13. The molecule has 0 aliphatic rings. The van der Waals surface area contributed by atoms with Crippen molar-refractivity contribution in [2.45, 2.75) is 154 Å². The number of aliphatic hydroxyl groups excluding tert-OH is 3. The van der Waals surface area contributed by atoms with Crippen molar-refractivity contribution in [2.24, 2.45) is 0 Å². The monoisotopic (exact) mass is 446 g/mol. The van der Waals surface area contributed by atoms with Crippen molar-refractivity contribution in [1.29, 1.82) is 0 Å². The first kappa shape index (κ1) is 30.8. The predicted octanol–water partition coefficient (Wildman–Crippen LogP) is 4.54. The fraction of sp³-hybridized carbons (Fsp3) is 1.00. The largest absolute Gasteiger partial charge is 0.379 e. The van der Waals surface area contributed by atoms with E-state index in [1.165, 1.54) is 70.6 Å². The van der Waals surface area contributed by atoms with Crippen molar-refractivity contribution in [3.63, 3.8) is 0 Å². The van der Waals surface area contributed by atoms with Crippen LogP contribution < -0.4 is 10.6 Å². The fourth-order valence-electron chi connectivity index (χ4n) is 3.89. The van der Waals surface area contributed by atoms with E-state index in [0.29, 0.717) is 19.3 Å². The van der Waals surface area contributed by atoms with E-state index in [4.69, 9.17) is 0 Å². The minimum absolute atomic E-state index is 0.383. The predicted molar refractivity (Wildman–Crippen MR) is 130 cm³/mol. The van der Waals surface area contributed by atoms with Crippen molar-refractivity contribution in [3.05, 3.63) is 0 Å². The van der Waals surface area contributed by atoms with Crippen LogP contribution in [0.5, 0.6) is 0 Å². The molecule has 0 rings (SSSR count). The van der Waals surface area contributed by atoms with Crippen molar-refractivity contribution >= 4 is 0 Å². The summed E-state index contributed by atoms with van der Waals surface area (Å²) in [5.41, 5.74) is 0. The standard InChI is InChI=1S/C25H54N2O4/c1-3-5-7-8-9-10-11-12-13-14-15-16-17-18-24(29)27-22(25(30)31)19-20-23(28)26-21-6-4-2/h22-31H,3-21H2,1-2H3/t22-,23?,24?/m1/s1. The smallest absolute Gasteiger partial charge is 0.167 e. The zero-order chi connectivity index (χ0) is 23.2. The van der Waals surface area contributed by atoms with Gasteiger partial charge in [0.15, 0.2) is 6.29 Å².